The first-order valence-corrected chi connectivity index (χ1v) is 4.20. The standard InChI is InChI=1S/C9H13NO/c1-6(11)9-5-7-3-2-4-8(7)10-9/h2,4,7-10H,3,5H2,1H3. The number of ketones is 1. The van der Waals surface area contributed by atoms with Gasteiger partial charge >= 0.3 is 0 Å². The Hall–Kier alpha value is -0.630. The predicted octanol–water partition coefficient (Wildman–Crippen LogP) is 0.882. The van der Waals surface area contributed by atoms with Crippen LogP contribution in [0.25, 0.3) is 0 Å². The maximum Gasteiger partial charge on any atom is 0.146 e. The molecule has 1 aliphatic carbocycles. The lowest BCUT2D eigenvalue weighted by atomic mass is 10.00. The maximum absolute atomic E-state index is 11.0. The fourth-order valence-electron chi connectivity index (χ4n) is 2.02. The molecule has 60 valence electrons. The summed E-state index contributed by atoms with van der Waals surface area (Å²) in [7, 11) is 0. The third-order valence-corrected chi connectivity index (χ3v) is 2.71. The molecule has 0 bridgehead atoms. The monoisotopic (exact) mass is 151 g/mol. The second kappa shape index (κ2) is 2.45. The van der Waals surface area contributed by atoms with Crippen molar-refractivity contribution in [2.24, 2.45) is 5.92 Å². The molecule has 0 amide bonds. The van der Waals surface area contributed by atoms with Gasteiger partial charge in [-0.2, -0.15) is 0 Å². The van der Waals surface area contributed by atoms with Gasteiger partial charge < -0.3 is 5.32 Å². The van der Waals surface area contributed by atoms with E-state index < -0.39 is 0 Å². The Morgan fingerprint density at radius 2 is 2.45 bits per heavy atom. The fraction of sp³-hybridized carbons (Fsp3) is 0.667. The third kappa shape index (κ3) is 1.11. The molecule has 0 aromatic heterocycles. The molecule has 2 nitrogen and oxygen atoms in total. The van der Waals surface area contributed by atoms with E-state index in [1.807, 2.05) is 0 Å². The molecule has 0 spiro atoms. The van der Waals surface area contributed by atoms with Crippen molar-refractivity contribution >= 4 is 5.78 Å². The van der Waals surface area contributed by atoms with Crippen LogP contribution in [0.2, 0.25) is 0 Å². The smallest absolute Gasteiger partial charge is 0.146 e. The van der Waals surface area contributed by atoms with E-state index in [0.29, 0.717) is 12.0 Å². The van der Waals surface area contributed by atoms with Crippen LogP contribution in [-0.2, 0) is 4.79 Å². The van der Waals surface area contributed by atoms with Crippen molar-refractivity contribution in [3.05, 3.63) is 12.2 Å². The highest BCUT2D eigenvalue weighted by molar-refractivity contribution is 5.82. The van der Waals surface area contributed by atoms with Crippen LogP contribution < -0.4 is 5.32 Å². The van der Waals surface area contributed by atoms with Gasteiger partial charge in [0.1, 0.15) is 5.78 Å². The summed E-state index contributed by atoms with van der Waals surface area (Å²) in [5, 5.41) is 3.32. The van der Waals surface area contributed by atoms with E-state index in [1.165, 1.54) is 0 Å². The van der Waals surface area contributed by atoms with Crippen LogP contribution in [0.1, 0.15) is 19.8 Å². The number of hydrogen-bond acceptors (Lipinski definition) is 2. The molecule has 1 heterocycles. The van der Waals surface area contributed by atoms with Crippen molar-refractivity contribution in [1.82, 2.24) is 5.32 Å². The quantitative estimate of drug-likeness (QED) is 0.564. The van der Waals surface area contributed by atoms with Crippen LogP contribution in [0.3, 0.4) is 0 Å². The number of hydrogen-bond donors (Lipinski definition) is 1. The van der Waals surface area contributed by atoms with Crippen LogP contribution in [0.4, 0.5) is 0 Å². The number of carbonyl (C=O) groups is 1. The summed E-state index contributed by atoms with van der Waals surface area (Å²) in [4.78, 5) is 11.0. The van der Waals surface area contributed by atoms with Crippen molar-refractivity contribution in [1.29, 1.82) is 0 Å². The Balaban J connectivity index is 2.04. The Bertz CT molecular complexity index is 210. The van der Waals surface area contributed by atoms with Gasteiger partial charge in [0, 0.05) is 6.04 Å². The van der Waals surface area contributed by atoms with Crippen LogP contribution in [-0.4, -0.2) is 17.9 Å². The SMILES string of the molecule is CC(=O)C1CC2CC=CC2N1. The zero-order valence-corrected chi connectivity index (χ0v) is 6.71. The third-order valence-electron chi connectivity index (χ3n) is 2.71. The van der Waals surface area contributed by atoms with E-state index >= 15 is 0 Å². The Morgan fingerprint density at radius 3 is 3.09 bits per heavy atom. The highest BCUT2D eigenvalue weighted by atomic mass is 16.1. The highest BCUT2D eigenvalue weighted by Crippen LogP contribution is 2.29. The number of allylic oxidation sites excluding steroid dienone is 1. The molecule has 1 aliphatic heterocycles. The van der Waals surface area contributed by atoms with E-state index in [-0.39, 0.29) is 11.8 Å². The minimum absolute atomic E-state index is 0.134. The number of fused-ring (bicyclic) bond motifs is 1. The second-order valence-corrected chi connectivity index (χ2v) is 3.52. The lowest BCUT2D eigenvalue weighted by Gasteiger charge is -2.06. The fourth-order valence-corrected chi connectivity index (χ4v) is 2.02. The summed E-state index contributed by atoms with van der Waals surface area (Å²) in [5.74, 6) is 0.983. The molecule has 2 aliphatic rings. The molecular formula is C9H13NO. The number of carbonyl (C=O) groups excluding carboxylic acids is 1. The summed E-state index contributed by atoms with van der Waals surface area (Å²) >= 11 is 0. The second-order valence-electron chi connectivity index (χ2n) is 3.52. The van der Waals surface area contributed by atoms with Crippen molar-refractivity contribution in [3.63, 3.8) is 0 Å². The lowest BCUT2D eigenvalue weighted by Crippen LogP contribution is -2.33. The molecule has 1 saturated heterocycles. The number of rotatable bonds is 1. The van der Waals surface area contributed by atoms with Gasteiger partial charge in [0.05, 0.1) is 6.04 Å². The molecular weight excluding hydrogens is 138 g/mol. The number of Topliss-reactive ketones (excluding diaryl/α,β-unsaturated/α-hetero) is 1. The molecule has 3 atom stereocenters. The van der Waals surface area contributed by atoms with Crippen LogP contribution in [0.5, 0.6) is 0 Å². The van der Waals surface area contributed by atoms with Gasteiger partial charge in [-0.3, -0.25) is 4.79 Å². The van der Waals surface area contributed by atoms with E-state index in [9.17, 15) is 4.79 Å². The Morgan fingerprint density at radius 1 is 1.64 bits per heavy atom. The molecule has 0 saturated carbocycles. The minimum Gasteiger partial charge on any atom is -0.301 e. The molecule has 3 unspecified atom stereocenters. The van der Waals surface area contributed by atoms with E-state index in [4.69, 9.17) is 0 Å². The van der Waals surface area contributed by atoms with E-state index in [1.54, 1.807) is 6.92 Å². The van der Waals surface area contributed by atoms with Crippen molar-refractivity contribution in [2.75, 3.05) is 0 Å². The lowest BCUT2D eigenvalue weighted by molar-refractivity contribution is -0.118. The predicted molar refractivity (Wildman–Crippen MR) is 43.3 cm³/mol. The van der Waals surface area contributed by atoms with Gasteiger partial charge in [0.15, 0.2) is 0 Å². The van der Waals surface area contributed by atoms with Gasteiger partial charge in [0.25, 0.3) is 0 Å². The molecule has 1 N–H and O–H groups in total. The summed E-state index contributed by atoms with van der Waals surface area (Å²) < 4.78 is 0. The van der Waals surface area contributed by atoms with Crippen LogP contribution >= 0.6 is 0 Å². The van der Waals surface area contributed by atoms with Crippen LogP contribution in [0.15, 0.2) is 12.2 Å². The molecule has 2 heteroatoms. The van der Waals surface area contributed by atoms with Crippen molar-refractivity contribution in [2.45, 2.75) is 31.8 Å². The first-order chi connectivity index (χ1) is 5.27. The van der Waals surface area contributed by atoms with Gasteiger partial charge in [-0.25, -0.2) is 0 Å². The van der Waals surface area contributed by atoms with Crippen LogP contribution in [0, 0.1) is 5.92 Å². The average Bonchev–Trinajstić information content (AvgIpc) is 2.40. The molecule has 0 radical (unpaired) electrons. The zero-order chi connectivity index (χ0) is 7.84. The molecule has 11 heavy (non-hydrogen) atoms. The topological polar surface area (TPSA) is 29.1 Å². The molecule has 0 aromatic rings. The zero-order valence-electron chi connectivity index (χ0n) is 6.71. The summed E-state index contributed by atoms with van der Waals surface area (Å²) in [5.41, 5.74) is 0. The Labute approximate surface area is 66.7 Å². The number of nitrogens with one attached hydrogen (secondary N) is 1. The maximum atomic E-state index is 11.0. The van der Waals surface area contributed by atoms with E-state index in [0.717, 1.165) is 12.8 Å². The first-order valence-electron chi connectivity index (χ1n) is 4.20. The normalized spacial score (nSPS) is 41.0. The van der Waals surface area contributed by atoms with Gasteiger partial charge in [0.2, 0.25) is 0 Å². The minimum atomic E-state index is 0.134. The van der Waals surface area contributed by atoms with Gasteiger partial charge in [-0.1, -0.05) is 12.2 Å². The molecule has 1 fully saturated rings. The van der Waals surface area contributed by atoms with Gasteiger partial charge in [-0.15, -0.1) is 0 Å². The van der Waals surface area contributed by atoms with E-state index in [2.05, 4.69) is 17.5 Å². The molecule has 0 aromatic carbocycles. The average molecular weight is 151 g/mol. The Kier molecular flexibility index (Phi) is 1.57. The van der Waals surface area contributed by atoms with Crippen molar-refractivity contribution < 1.29 is 4.79 Å². The molecule has 2 rings (SSSR count). The van der Waals surface area contributed by atoms with Gasteiger partial charge in [-0.05, 0) is 25.7 Å². The summed E-state index contributed by atoms with van der Waals surface area (Å²) in [6.45, 7) is 1.67. The largest absolute Gasteiger partial charge is 0.301 e. The van der Waals surface area contributed by atoms with Crippen molar-refractivity contribution in [3.8, 4) is 0 Å². The highest BCUT2D eigenvalue weighted by Gasteiger charge is 2.35. The summed E-state index contributed by atoms with van der Waals surface area (Å²) in [6, 6.07) is 0.624. The summed E-state index contributed by atoms with van der Waals surface area (Å²) in [6.07, 6.45) is 6.58. The first kappa shape index (κ1) is 7.04.